The first-order valence-corrected chi connectivity index (χ1v) is 2.96. The molecule has 0 aromatic carbocycles. The normalized spacial score (nSPS) is 9.40. The van der Waals surface area contributed by atoms with Crippen LogP contribution in [0.25, 0.3) is 0 Å². The fourth-order valence-corrected chi connectivity index (χ4v) is 0.652. The van der Waals surface area contributed by atoms with Gasteiger partial charge in [0.2, 0.25) is 0 Å². The molecule has 0 saturated heterocycles. The molecule has 0 spiro atoms. The van der Waals surface area contributed by atoms with Gasteiger partial charge in [0, 0.05) is 25.8 Å². The molecule has 0 unspecified atom stereocenters. The van der Waals surface area contributed by atoms with E-state index in [0.29, 0.717) is 0 Å². The second kappa shape index (κ2) is 2.56. The summed E-state index contributed by atoms with van der Waals surface area (Å²) in [6.45, 7) is 0. The van der Waals surface area contributed by atoms with E-state index in [-0.39, 0.29) is 5.63 Å². The molecule has 0 N–H and O–H groups in total. The maximum absolute atomic E-state index is 10.6. The largest absolute Gasteiger partial charge is 0.431 e. The van der Waals surface area contributed by atoms with Crippen molar-refractivity contribution in [2.75, 3.05) is 19.0 Å². The van der Waals surface area contributed by atoms with Gasteiger partial charge in [-0.2, -0.15) is 0 Å². The molecule has 1 rings (SSSR count). The highest BCUT2D eigenvalue weighted by atomic mass is 16.4. The highest BCUT2D eigenvalue weighted by Crippen LogP contribution is 2.04. The fraction of sp³-hybridized carbons (Fsp3) is 0.286. The van der Waals surface area contributed by atoms with Gasteiger partial charge in [0.15, 0.2) is 0 Å². The van der Waals surface area contributed by atoms with Crippen LogP contribution in [0.2, 0.25) is 0 Å². The van der Waals surface area contributed by atoms with Crippen LogP contribution in [0.4, 0.5) is 5.69 Å². The average molecular weight is 139 g/mol. The van der Waals surface area contributed by atoms with E-state index < -0.39 is 0 Å². The van der Waals surface area contributed by atoms with Gasteiger partial charge in [0.05, 0.1) is 6.26 Å². The van der Waals surface area contributed by atoms with E-state index in [4.69, 9.17) is 0 Å². The van der Waals surface area contributed by atoms with Crippen LogP contribution in [-0.4, -0.2) is 14.1 Å². The quantitative estimate of drug-likeness (QED) is 0.574. The fourth-order valence-electron chi connectivity index (χ4n) is 0.652. The number of nitrogens with zero attached hydrogens (tertiary/aromatic N) is 1. The highest BCUT2D eigenvalue weighted by Gasteiger charge is 1.93. The Morgan fingerprint density at radius 1 is 1.50 bits per heavy atom. The van der Waals surface area contributed by atoms with Crippen molar-refractivity contribution in [2.24, 2.45) is 0 Å². The molecular formula is C7H9NO2. The molecule has 0 amide bonds. The van der Waals surface area contributed by atoms with Crippen LogP contribution in [0.1, 0.15) is 0 Å². The molecule has 0 atom stereocenters. The predicted molar refractivity (Wildman–Crippen MR) is 39.3 cm³/mol. The summed E-state index contributed by atoms with van der Waals surface area (Å²) in [5.41, 5.74) is 0.544. The Kier molecular flexibility index (Phi) is 1.76. The van der Waals surface area contributed by atoms with E-state index >= 15 is 0 Å². The molecule has 3 nitrogen and oxygen atoms in total. The van der Waals surface area contributed by atoms with Crippen molar-refractivity contribution in [2.45, 2.75) is 0 Å². The Labute approximate surface area is 58.9 Å². The molecule has 0 fully saturated rings. The predicted octanol–water partition coefficient (Wildman–Crippen LogP) is 0.706. The Bertz CT molecular complexity index is 264. The van der Waals surface area contributed by atoms with Crippen LogP contribution in [0, 0.1) is 0 Å². The summed E-state index contributed by atoms with van der Waals surface area (Å²) in [6, 6.07) is 3.18. The van der Waals surface area contributed by atoms with Crippen LogP contribution in [0.15, 0.2) is 27.6 Å². The Morgan fingerprint density at radius 2 is 2.20 bits per heavy atom. The highest BCUT2D eigenvalue weighted by molar-refractivity contribution is 5.41. The molecule has 1 aromatic rings. The van der Waals surface area contributed by atoms with Crippen molar-refractivity contribution < 1.29 is 4.42 Å². The first-order chi connectivity index (χ1) is 4.70. The number of hydrogen-bond acceptors (Lipinski definition) is 3. The summed E-state index contributed by atoms with van der Waals surface area (Å²) in [6.07, 6.45) is 1.39. The molecule has 0 saturated carbocycles. The smallest absolute Gasteiger partial charge is 0.337 e. The maximum Gasteiger partial charge on any atom is 0.337 e. The van der Waals surface area contributed by atoms with Crippen LogP contribution >= 0.6 is 0 Å². The SMILES string of the molecule is CN(C)c1ccoc(=O)c1. The Balaban J connectivity index is 3.07. The first kappa shape index (κ1) is 6.86. The third-order valence-corrected chi connectivity index (χ3v) is 1.21. The van der Waals surface area contributed by atoms with Crippen molar-refractivity contribution in [1.29, 1.82) is 0 Å². The van der Waals surface area contributed by atoms with Crippen molar-refractivity contribution >= 4 is 5.69 Å². The second-order valence-corrected chi connectivity index (χ2v) is 2.20. The zero-order valence-electron chi connectivity index (χ0n) is 6.00. The lowest BCUT2D eigenvalue weighted by Crippen LogP contribution is -2.10. The zero-order valence-corrected chi connectivity index (χ0v) is 6.00. The molecule has 0 aliphatic heterocycles. The van der Waals surface area contributed by atoms with Crippen LogP contribution < -0.4 is 10.5 Å². The molecule has 0 aliphatic rings. The van der Waals surface area contributed by atoms with Gasteiger partial charge in [-0.3, -0.25) is 0 Å². The van der Waals surface area contributed by atoms with Crippen LogP contribution in [0.5, 0.6) is 0 Å². The number of anilines is 1. The van der Waals surface area contributed by atoms with E-state index in [2.05, 4.69) is 4.42 Å². The summed E-state index contributed by atoms with van der Waals surface area (Å²) >= 11 is 0. The standard InChI is InChI=1S/C7H9NO2/c1-8(2)6-3-4-10-7(9)5-6/h3-5H,1-2H3. The molecule has 1 heterocycles. The van der Waals surface area contributed by atoms with Crippen molar-refractivity contribution in [3.05, 3.63) is 28.8 Å². The van der Waals surface area contributed by atoms with Crippen molar-refractivity contribution in [1.82, 2.24) is 0 Å². The topological polar surface area (TPSA) is 33.5 Å². The number of rotatable bonds is 1. The zero-order chi connectivity index (χ0) is 7.56. The molecule has 0 aliphatic carbocycles. The van der Waals surface area contributed by atoms with Crippen molar-refractivity contribution in [3.8, 4) is 0 Å². The average Bonchev–Trinajstić information content (AvgIpc) is 1.88. The second-order valence-electron chi connectivity index (χ2n) is 2.20. The molecule has 1 aromatic heterocycles. The van der Waals surface area contributed by atoms with Gasteiger partial charge in [-0.15, -0.1) is 0 Å². The van der Waals surface area contributed by atoms with Gasteiger partial charge in [0.25, 0.3) is 0 Å². The monoisotopic (exact) mass is 139 g/mol. The lowest BCUT2D eigenvalue weighted by Gasteiger charge is -2.09. The minimum atomic E-state index is -0.314. The lowest BCUT2D eigenvalue weighted by atomic mass is 10.4. The molecule has 0 radical (unpaired) electrons. The van der Waals surface area contributed by atoms with E-state index in [1.54, 1.807) is 6.07 Å². The molecule has 3 heteroatoms. The molecule has 54 valence electrons. The molecular weight excluding hydrogens is 130 g/mol. The third-order valence-electron chi connectivity index (χ3n) is 1.21. The minimum Gasteiger partial charge on any atom is -0.431 e. The van der Waals surface area contributed by atoms with Crippen LogP contribution in [0.3, 0.4) is 0 Å². The molecule has 10 heavy (non-hydrogen) atoms. The Morgan fingerprint density at radius 3 is 2.60 bits per heavy atom. The van der Waals surface area contributed by atoms with E-state index in [0.717, 1.165) is 5.69 Å². The van der Waals surface area contributed by atoms with Gasteiger partial charge in [-0.25, -0.2) is 4.79 Å². The van der Waals surface area contributed by atoms with Gasteiger partial charge < -0.3 is 9.32 Å². The molecule has 0 bridgehead atoms. The van der Waals surface area contributed by atoms with E-state index in [1.165, 1.54) is 12.3 Å². The maximum atomic E-state index is 10.6. The van der Waals surface area contributed by atoms with Gasteiger partial charge in [-0.1, -0.05) is 0 Å². The van der Waals surface area contributed by atoms with Gasteiger partial charge >= 0.3 is 5.63 Å². The number of hydrogen-bond donors (Lipinski definition) is 0. The van der Waals surface area contributed by atoms with Gasteiger partial charge in [0.1, 0.15) is 0 Å². The van der Waals surface area contributed by atoms with E-state index in [9.17, 15) is 4.79 Å². The van der Waals surface area contributed by atoms with Gasteiger partial charge in [-0.05, 0) is 6.07 Å². The van der Waals surface area contributed by atoms with E-state index in [1.807, 2.05) is 19.0 Å². The summed E-state index contributed by atoms with van der Waals surface area (Å²) in [5, 5.41) is 0. The lowest BCUT2D eigenvalue weighted by molar-refractivity contribution is 0.511. The summed E-state index contributed by atoms with van der Waals surface area (Å²) in [4.78, 5) is 12.4. The summed E-state index contributed by atoms with van der Waals surface area (Å²) < 4.78 is 4.54. The van der Waals surface area contributed by atoms with Crippen LogP contribution in [-0.2, 0) is 0 Å². The third kappa shape index (κ3) is 1.37. The first-order valence-electron chi connectivity index (χ1n) is 2.96. The summed E-state index contributed by atoms with van der Waals surface area (Å²) in [7, 11) is 3.74. The van der Waals surface area contributed by atoms with Crippen molar-refractivity contribution in [3.63, 3.8) is 0 Å². The minimum absolute atomic E-state index is 0.314. The Hall–Kier alpha value is -1.25. The summed E-state index contributed by atoms with van der Waals surface area (Å²) in [5.74, 6) is 0.